The van der Waals surface area contributed by atoms with Gasteiger partial charge in [0.05, 0.1) is 20.9 Å². The molecular formula is C20H20F2N4OS. The third kappa shape index (κ3) is 4.22. The highest BCUT2D eigenvalue weighted by Crippen LogP contribution is 2.24. The molecular weight excluding hydrogens is 382 g/mol. The number of halogens is 2. The predicted octanol–water partition coefficient (Wildman–Crippen LogP) is 3.70. The lowest BCUT2D eigenvalue weighted by Crippen LogP contribution is -2.44. The molecule has 1 aliphatic heterocycles. The number of thiazole rings is 1. The van der Waals surface area contributed by atoms with Crippen molar-refractivity contribution in [3.63, 3.8) is 0 Å². The molecule has 2 amide bonds. The van der Waals surface area contributed by atoms with Gasteiger partial charge in [0.2, 0.25) is 0 Å². The van der Waals surface area contributed by atoms with E-state index in [2.05, 4.69) is 15.6 Å². The van der Waals surface area contributed by atoms with Crippen LogP contribution in [-0.2, 0) is 6.42 Å². The first-order valence-electron chi connectivity index (χ1n) is 9.17. The zero-order chi connectivity index (χ0) is 19.5. The van der Waals surface area contributed by atoms with Crippen molar-refractivity contribution >= 4 is 33.3 Å². The Hall–Kier alpha value is -2.74. The van der Waals surface area contributed by atoms with Crippen molar-refractivity contribution < 1.29 is 13.6 Å². The molecule has 0 aliphatic carbocycles. The normalized spacial score (nSPS) is 16.5. The number of nitrogens with zero attached hydrogens (tertiary/aromatic N) is 2. The van der Waals surface area contributed by atoms with E-state index >= 15 is 0 Å². The number of para-hydroxylation sites is 1. The second-order valence-electron chi connectivity index (χ2n) is 6.75. The van der Waals surface area contributed by atoms with Crippen LogP contribution in [0.15, 0.2) is 42.5 Å². The Labute approximate surface area is 165 Å². The van der Waals surface area contributed by atoms with Gasteiger partial charge < -0.3 is 15.5 Å². The number of anilines is 1. The van der Waals surface area contributed by atoms with E-state index in [1.807, 2.05) is 29.2 Å². The van der Waals surface area contributed by atoms with Crippen LogP contribution in [0.3, 0.4) is 0 Å². The molecule has 3 aromatic rings. The summed E-state index contributed by atoms with van der Waals surface area (Å²) in [6, 6.07) is 11.2. The zero-order valence-electron chi connectivity index (χ0n) is 15.1. The highest BCUT2D eigenvalue weighted by atomic mass is 32.1. The summed E-state index contributed by atoms with van der Waals surface area (Å²) >= 11 is 1.63. The van der Waals surface area contributed by atoms with Crippen molar-refractivity contribution in [2.24, 2.45) is 0 Å². The molecule has 2 aromatic carbocycles. The van der Waals surface area contributed by atoms with E-state index in [-0.39, 0.29) is 12.1 Å². The number of hydrogen-bond donors (Lipinski definition) is 2. The molecule has 146 valence electrons. The molecule has 1 aromatic heterocycles. The molecule has 2 heterocycles. The second kappa shape index (κ2) is 8.10. The summed E-state index contributed by atoms with van der Waals surface area (Å²) in [5, 5.41) is 6.75. The number of carbonyl (C=O) groups excluding carboxylic acids is 1. The monoisotopic (exact) mass is 402 g/mol. The Kier molecular flexibility index (Phi) is 5.38. The maximum Gasteiger partial charge on any atom is 0.315 e. The number of benzene rings is 2. The predicted molar refractivity (Wildman–Crippen MR) is 107 cm³/mol. The second-order valence-corrected chi connectivity index (χ2v) is 7.87. The Morgan fingerprint density at radius 1 is 1.25 bits per heavy atom. The summed E-state index contributed by atoms with van der Waals surface area (Å²) in [6.45, 7) is 1.60. The van der Waals surface area contributed by atoms with Crippen molar-refractivity contribution in [3.05, 3.63) is 59.1 Å². The number of carbonyl (C=O) groups is 1. The minimum absolute atomic E-state index is 0.0769. The molecule has 1 fully saturated rings. The Bertz CT molecular complexity index is 960. The zero-order valence-corrected chi connectivity index (χ0v) is 15.9. The summed E-state index contributed by atoms with van der Waals surface area (Å²) in [4.78, 5) is 18.5. The molecule has 0 spiro atoms. The highest BCUT2D eigenvalue weighted by Gasteiger charge is 2.25. The van der Waals surface area contributed by atoms with E-state index in [0.717, 1.165) is 21.3 Å². The fourth-order valence-corrected chi connectivity index (χ4v) is 4.35. The Morgan fingerprint density at radius 2 is 2.11 bits per heavy atom. The van der Waals surface area contributed by atoms with Gasteiger partial charge in [-0.1, -0.05) is 12.1 Å². The largest absolute Gasteiger partial charge is 0.367 e. The molecule has 8 heteroatoms. The first kappa shape index (κ1) is 18.6. The van der Waals surface area contributed by atoms with Gasteiger partial charge in [-0.25, -0.2) is 18.6 Å². The van der Waals surface area contributed by atoms with Crippen LogP contribution in [0.1, 0.15) is 11.4 Å². The number of fused-ring (bicyclic) bond motifs is 1. The Morgan fingerprint density at radius 3 is 2.93 bits per heavy atom. The van der Waals surface area contributed by atoms with Gasteiger partial charge in [-0.05, 0) is 30.7 Å². The van der Waals surface area contributed by atoms with Crippen LogP contribution in [0.5, 0.6) is 0 Å². The van der Waals surface area contributed by atoms with Gasteiger partial charge in [-0.15, -0.1) is 11.3 Å². The number of urea groups is 1. The SMILES string of the molecule is O=C(NCCc1nc2ccccc2s1)NC1CCN(c2ccc(F)cc2F)C1. The molecule has 2 N–H and O–H groups in total. The fraction of sp³-hybridized carbons (Fsp3) is 0.300. The van der Waals surface area contributed by atoms with Crippen molar-refractivity contribution in [2.45, 2.75) is 18.9 Å². The van der Waals surface area contributed by atoms with E-state index in [1.165, 1.54) is 12.1 Å². The molecule has 0 saturated carbocycles. The van der Waals surface area contributed by atoms with Gasteiger partial charge in [-0.3, -0.25) is 0 Å². The van der Waals surface area contributed by atoms with E-state index in [9.17, 15) is 13.6 Å². The Balaban J connectivity index is 1.24. The third-order valence-corrected chi connectivity index (χ3v) is 5.83. The summed E-state index contributed by atoms with van der Waals surface area (Å²) in [5.41, 5.74) is 1.34. The number of hydrogen-bond acceptors (Lipinski definition) is 4. The lowest BCUT2D eigenvalue weighted by Gasteiger charge is -2.19. The van der Waals surface area contributed by atoms with Crippen LogP contribution in [0.4, 0.5) is 19.3 Å². The topological polar surface area (TPSA) is 57.3 Å². The van der Waals surface area contributed by atoms with Gasteiger partial charge >= 0.3 is 6.03 Å². The lowest BCUT2D eigenvalue weighted by atomic mass is 10.2. The number of aromatic nitrogens is 1. The maximum absolute atomic E-state index is 13.9. The quantitative estimate of drug-likeness (QED) is 0.684. The number of nitrogens with one attached hydrogen (secondary N) is 2. The lowest BCUT2D eigenvalue weighted by molar-refractivity contribution is 0.238. The van der Waals surface area contributed by atoms with Gasteiger partial charge in [-0.2, -0.15) is 0 Å². The van der Waals surface area contributed by atoms with E-state index < -0.39 is 11.6 Å². The van der Waals surface area contributed by atoms with Crippen molar-refractivity contribution in [1.29, 1.82) is 0 Å². The van der Waals surface area contributed by atoms with Gasteiger partial charge in [0.15, 0.2) is 0 Å². The van der Waals surface area contributed by atoms with Crippen LogP contribution >= 0.6 is 11.3 Å². The molecule has 1 saturated heterocycles. The first-order valence-corrected chi connectivity index (χ1v) is 9.99. The first-order chi connectivity index (χ1) is 13.6. The van der Waals surface area contributed by atoms with Gasteiger partial charge in [0.25, 0.3) is 0 Å². The molecule has 1 atom stereocenters. The van der Waals surface area contributed by atoms with E-state index in [4.69, 9.17) is 0 Å². The van der Waals surface area contributed by atoms with Gasteiger partial charge in [0.1, 0.15) is 11.6 Å². The summed E-state index contributed by atoms with van der Waals surface area (Å²) < 4.78 is 28.1. The number of amides is 2. The average molecular weight is 402 g/mol. The van der Waals surface area contributed by atoms with Crippen molar-refractivity contribution in [3.8, 4) is 0 Å². The minimum Gasteiger partial charge on any atom is -0.367 e. The molecule has 1 unspecified atom stereocenters. The minimum atomic E-state index is -0.595. The van der Waals surface area contributed by atoms with Crippen LogP contribution in [0.2, 0.25) is 0 Å². The third-order valence-electron chi connectivity index (χ3n) is 4.74. The molecule has 0 bridgehead atoms. The standard InChI is InChI=1S/C20H20F2N4OS/c21-13-5-6-17(15(22)11-13)26-10-8-14(12-26)24-20(27)23-9-7-19-25-16-3-1-2-4-18(16)28-19/h1-6,11,14H,7-10,12H2,(H2,23,24,27). The smallest absolute Gasteiger partial charge is 0.315 e. The summed E-state index contributed by atoms with van der Waals surface area (Å²) in [6.07, 6.45) is 1.38. The molecule has 5 nitrogen and oxygen atoms in total. The van der Waals surface area contributed by atoms with Crippen LogP contribution in [-0.4, -0.2) is 36.7 Å². The maximum atomic E-state index is 13.9. The van der Waals surface area contributed by atoms with Crippen molar-refractivity contribution in [1.82, 2.24) is 15.6 Å². The van der Waals surface area contributed by atoms with E-state index in [0.29, 0.717) is 38.2 Å². The number of rotatable bonds is 5. The van der Waals surface area contributed by atoms with Crippen LogP contribution < -0.4 is 15.5 Å². The molecule has 4 rings (SSSR count). The van der Waals surface area contributed by atoms with Crippen LogP contribution in [0.25, 0.3) is 10.2 Å². The summed E-state index contributed by atoms with van der Waals surface area (Å²) in [7, 11) is 0. The van der Waals surface area contributed by atoms with Gasteiger partial charge in [0, 0.05) is 38.2 Å². The van der Waals surface area contributed by atoms with Crippen molar-refractivity contribution in [2.75, 3.05) is 24.5 Å². The molecule has 1 aliphatic rings. The summed E-state index contributed by atoms with van der Waals surface area (Å²) in [5.74, 6) is -1.18. The van der Waals surface area contributed by atoms with E-state index in [1.54, 1.807) is 11.3 Å². The van der Waals surface area contributed by atoms with Crippen LogP contribution in [0, 0.1) is 11.6 Å². The average Bonchev–Trinajstić information content (AvgIpc) is 3.28. The molecule has 28 heavy (non-hydrogen) atoms. The molecule has 0 radical (unpaired) electrons. The fourth-order valence-electron chi connectivity index (χ4n) is 3.38. The highest BCUT2D eigenvalue weighted by molar-refractivity contribution is 7.18.